The van der Waals surface area contributed by atoms with Crippen molar-refractivity contribution in [3.8, 4) is 11.1 Å². The molecule has 0 saturated heterocycles. The van der Waals surface area contributed by atoms with Crippen LogP contribution in [0.15, 0.2) is 60.7 Å². The van der Waals surface area contributed by atoms with Crippen LogP contribution in [-0.2, 0) is 5.41 Å². The molecule has 0 aromatic heterocycles. The van der Waals surface area contributed by atoms with Crippen LogP contribution in [0.5, 0.6) is 0 Å². The van der Waals surface area contributed by atoms with E-state index < -0.39 is 0 Å². The molecular weight excluding hydrogens is 204 g/mol. The average molecular weight is 220 g/mol. The Kier molecular flexibility index (Phi) is 2.19. The summed E-state index contributed by atoms with van der Waals surface area (Å²) in [5.74, 6) is 0. The molecule has 0 atom stereocenters. The minimum absolute atomic E-state index is 0.0297. The summed E-state index contributed by atoms with van der Waals surface area (Å²) in [6.45, 7) is 4.40. The fourth-order valence-corrected chi connectivity index (χ4v) is 3.00. The standard InChI is InChI=1S/C17H16/c1-3-12-17(2)15-10-6-4-8-13(15)14-9-5-7-11-16(14)17/h3-12H,1-2H3/b12-3+. The summed E-state index contributed by atoms with van der Waals surface area (Å²) in [5, 5.41) is 0. The molecule has 2 aromatic rings. The normalized spacial score (nSPS) is 15.9. The number of hydrogen-bond acceptors (Lipinski definition) is 0. The summed E-state index contributed by atoms with van der Waals surface area (Å²) in [5.41, 5.74) is 5.62. The molecule has 0 spiro atoms. The highest BCUT2D eigenvalue weighted by atomic mass is 14.4. The molecule has 1 aliphatic carbocycles. The largest absolute Gasteiger partial charge is 0.0905 e. The Morgan fingerprint density at radius 2 is 1.29 bits per heavy atom. The molecule has 17 heavy (non-hydrogen) atoms. The predicted molar refractivity (Wildman–Crippen MR) is 73.1 cm³/mol. The van der Waals surface area contributed by atoms with Gasteiger partial charge in [0.2, 0.25) is 0 Å². The first-order valence-corrected chi connectivity index (χ1v) is 6.10. The molecule has 0 aliphatic heterocycles. The molecule has 3 rings (SSSR count). The minimum atomic E-state index is 0.0297. The van der Waals surface area contributed by atoms with Gasteiger partial charge in [-0.05, 0) is 36.1 Å². The van der Waals surface area contributed by atoms with Gasteiger partial charge in [-0.25, -0.2) is 0 Å². The lowest BCUT2D eigenvalue weighted by Crippen LogP contribution is -2.16. The van der Waals surface area contributed by atoms with Crippen LogP contribution in [0.1, 0.15) is 25.0 Å². The van der Waals surface area contributed by atoms with E-state index >= 15 is 0 Å². The van der Waals surface area contributed by atoms with Gasteiger partial charge in [-0.2, -0.15) is 0 Å². The first-order chi connectivity index (χ1) is 8.27. The van der Waals surface area contributed by atoms with E-state index in [1.54, 1.807) is 0 Å². The fraction of sp³-hybridized carbons (Fsp3) is 0.176. The molecule has 0 amide bonds. The minimum Gasteiger partial charge on any atom is -0.0905 e. The molecule has 1 aliphatic rings. The second-order valence-electron chi connectivity index (χ2n) is 4.79. The predicted octanol–water partition coefficient (Wildman–Crippen LogP) is 4.55. The highest BCUT2D eigenvalue weighted by Gasteiger charge is 2.36. The molecule has 0 nitrogen and oxygen atoms in total. The van der Waals surface area contributed by atoms with E-state index in [1.165, 1.54) is 22.3 Å². The monoisotopic (exact) mass is 220 g/mol. The number of benzene rings is 2. The first-order valence-electron chi connectivity index (χ1n) is 6.10. The number of hydrogen-bond donors (Lipinski definition) is 0. The molecule has 0 radical (unpaired) electrons. The van der Waals surface area contributed by atoms with Crippen LogP contribution in [0, 0.1) is 0 Å². The van der Waals surface area contributed by atoms with Gasteiger partial charge in [-0.3, -0.25) is 0 Å². The Balaban J connectivity index is 2.39. The van der Waals surface area contributed by atoms with Crippen molar-refractivity contribution in [2.75, 3.05) is 0 Å². The Bertz CT molecular complexity index is 545. The van der Waals surface area contributed by atoms with Gasteiger partial charge in [0, 0.05) is 5.41 Å². The number of allylic oxidation sites excluding steroid dienone is 2. The zero-order valence-corrected chi connectivity index (χ0v) is 10.3. The molecule has 0 fully saturated rings. The van der Waals surface area contributed by atoms with E-state index in [9.17, 15) is 0 Å². The van der Waals surface area contributed by atoms with Crippen molar-refractivity contribution in [1.29, 1.82) is 0 Å². The smallest absolute Gasteiger partial charge is 0.0365 e. The van der Waals surface area contributed by atoms with E-state index in [2.05, 4.69) is 74.5 Å². The average Bonchev–Trinajstić information content (AvgIpc) is 2.62. The quantitative estimate of drug-likeness (QED) is 0.618. The van der Waals surface area contributed by atoms with E-state index in [0.717, 1.165) is 0 Å². The molecule has 84 valence electrons. The van der Waals surface area contributed by atoms with Gasteiger partial charge in [0.05, 0.1) is 0 Å². The first kappa shape index (κ1) is 10.3. The lowest BCUT2D eigenvalue weighted by Gasteiger charge is -2.23. The third kappa shape index (κ3) is 1.30. The molecule has 0 unspecified atom stereocenters. The molecule has 2 aromatic carbocycles. The maximum Gasteiger partial charge on any atom is 0.0365 e. The zero-order valence-electron chi connectivity index (χ0n) is 10.3. The van der Waals surface area contributed by atoms with Gasteiger partial charge in [0.15, 0.2) is 0 Å². The van der Waals surface area contributed by atoms with Crippen molar-refractivity contribution in [1.82, 2.24) is 0 Å². The lowest BCUT2D eigenvalue weighted by atomic mass is 9.80. The lowest BCUT2D eigenvalue weighted by molar-refractivity contribution is 0.746. The van der Waals surface area contributed by atoms with Gasteiger partial charge in [-0.1, -0.05) is 60.7 Å². The summed E-state index contributed by atoms with van der Waals surface area (Å²) in [6, 6.07) is 17.4. The van der Waals surface area contributed by atoms with E-state index in [-0.39, 0.29) is 5.41 Å². The molecule has 0 heterocycles. The van der Waals surface area contributed by atoms with Crippen LogP contribution in [0.3, 0.4) is 0 Å². The summed E-state index contributed by atoms with van der Waals surface area (Å²) in [6.07, 6.45) is 4.45. The van der Waals surface area contributed by atoms with Crippen LogP contribution in [0.4, 0.5) is 0 Å². The van der Waals surface area contributed by atoms with E-state index in [0.29, 0.717) is 0 Å². The Hall–Kier alpha value is -1.82. The Morgan fingerprint density at radius 1 is 0.824 bits per heavy atom. The van der Waals surface area contributed by atoms with Crippen LogP contribution in [0.25, 0.3) is 11.1 Å². The highest BCUT2D eigenvalue weighted by molar-refractivity contribution is 5.81. The summed E-state index contributed by atoms with van der Waals surface area (Å²) < 4.78 is 0. The van der Waals surface area contributed by atoms with Crippen LogP contribution < -0.4 is 0 Å². The van der Waals surface area contributed by atoms with Crippen molar-refractivity contribution in [3.05, 3.63) is 71.8 Å². The third-order valence-electron chi connectivity index (χ3n) is 3.76. The molecule has 0 N–H and O–H groups in total. The number of fused-ring (bicyclic) bond motifs is 3. The summed E-state index contributed by atoms with van der Waals surface area (Å²) in [7, 11) is 0. The van der Waals surface area contributed by atoms with Crippen molar-refractivity contribution in [2.24, 2.45) is 0 Å². The Morgan fingerprint density at radius 3 is 1.76 bits per heavy atom. The molecule has 0 saturated carbocycles. The van der Waals surface area contributed by atoms with Crippen molar-refractivity contribution < 1.29 is 0 Å². The van der Waals surface area contributed by atoms with Gasteiger partial charge >= 0.3 is 0 Å². The van der Waals surface area contributed by atoms with Crippen molar-refractivity contribution >= 4 is 0 Å². The number of rotatable bonds is 1. The van der Waals surface area contributed by atoms with Crippen LogP contribution in [0.2, 0.25) is 0 Å². The summed E-state index contributed by atoms with van der Waals surface area (Å²) >= 11 is 0. The van der Waals surface area contributed by atoms with Crippen LogP contribution in [-0.4, -0.2) is 0 Å². The van der Waals surface area contributed by atoms with Gasteiger partial charge < -0.3 is 0 Å². The molecule has 0 heteroatoms. The van der Waals surface area contributed by atoms with E-state index in [1.807, 2.05) is 0 Å². The molecular formula is C17H16. The summed E-state index contributed by atoms with van der Waals surface area (Å²) in [4.78, 5) is 0. The fourth-order valence-electron chi connectivity index (χ4n) is 3.00. The zero-order chi connectivity index (χ0) is 11.9. The second-order valence-corrected chi connectivity index (χ2v) is 4.79. The van der Waals surface area contributed by atoms with Crippen molar-refractivity contribution in [3.63, 3.8) is 0 Å². The SMILES string of the molecule is C/C=C/C1(C)c2ccccc2-c2ccccc21. The van der Waals surface area contributed by atoms with Crippen LogP contribution >= 0.6 is 0 Å². The topological polar surface area (TPSA) is 0 Å². The van der Waals surface area contributed by atoms with Crippen molar-refractivity contribution in [2.45, 2.75) is 19.3 Å². The maximum atomic E-state index is 2.30. The third-order valence-corrected chi connectivity index (χ3v) is 3.76. The van der Waals surface area contributed by atoms with Gasteiger partial charge in [0.25, 0.3) is 0 Å². The highest BCUT2D eigenvalue weighted by Crippen LogP contribution is 2.49. The van der Waals surface area contributed by atoms with Gasteiger partial charge in [0.1, 0.15) is 0 Å². The Labute approximate surface area is 103 Å². The van der Waals surface area contributed by atoms with E-state index in [4.69, 9.17) is 0 Å². The maximum absolute atomic E-state index is 2.30. The van der Waals surface area contributed by atoms with Gasteiger partial charge in [-0.15, -0.1) is 0 Å². The molecule has 0 bridgehead atoms. The second kappa shape index (κ2) is 3.59.